The molecule has 0 aliphatic rings. The molecule has 1 aromatic heterocycles. The van der Waals surface area contributed by atoms with Gasteiger partial charge >= 0.3 is 0 Å². The van der Waals surface area contributed by atoms with Crippen LogP contribution in [0, 0.1) is 11.7 Å². The lowest BCUT2D eigenvalue weighted by molar-refractivity contribution is 0.551. The molecule has 1 heterocycles. The lowest BCUT2D eigenvalue weighted by Crippen LogP contribution is -2.19. The van der Waals surface area contributed by atoms with Crippen LogP contribution in [0.4, 0.5) is 4.39 Å². The Morgan fingerprint density at radius 1 is 1.11 bits per heavy atom. The number of rotatable bonds is 5. The lowest BCUT2D eigenvalue weighted by atomic mass is 10.2. The van der Waals surface area contributed by atoms with Gasteiger partial charge in [-0.25, -0.2) is 14.4 Å². The van der Waals surface area contributed by atoms with E-state index in [1.165, 1.54) is 12.1 Å². The van der Waals surface area contributed by atoms with Crippen molar-refractivity contribution < 1.29 is 4.39 Å². The predicted molar refractivity (Wildman–Crippen MR) is 74.0 cm³/mol. The van der Waals surface area contributed by atoms with Gasteiger partial charge in [-0.3, -0.25) is 0 Å². The van der Waals surface area contributed by atoms with Crippen molar-refractivity contribution in [1.82, 2.24) is 15.3 Å². The molecule has 1 aromatic carbocycles. The number of nitrogens with one attached hydrogen (secondary N) is 1. The number of hydrogen-bond acceptors (Lipinski definition) is 3. The van der Waals surface area contributed by atoms with Crippen molar-refractivity contribution in [3.05, 3.63) is 48.0 Å². The summed E-state index contributed by atoms with van der Waals surface area (Å²) in [6.45, 7) is 6.07. The van der Waals surface area contributed by atoms with E-state index in [0.717, 1.165) is 24.2 Å². The van der Waals surface area contributed by atoms with Gasteiger partial charge in [0.1, 0.15) is 5.82 Å². The topological polar surface area (TPSA) is 37.8 Å². The molecular formula is C15H18FN3. The first-order valence-electron chi connectivity index (χ1n) is 6.42. The van der Waals surface area contributed by atoms with E-state index in [2.05, 4.69) is 29.1 Å². The van der Waals surface area contributed by atoms with Crippen molar-refractivity contribution in [2.75, 3.05) is 6.54 Å². The van der Waals surface area contributed by atoms with Crippen LogP contribution >= 0.6 is 0 Å². The van der Waals surface area contributed by atoms with Crippen LogP contribution in [-0.2, 0) is 6.54 Å². The van der Waals surface area contributed by atoms with E-state index in [1.807, 2.05) is 0 Å². The van der Waals surface area contributed by atoms with Crippen LogP contribution in [0.2, 0.25) is 0 Å². The Balaban J connectivity index is 2.00. The molecule has 0 aliphatic heterocycles. The van der Waals surface area contributed by atoms with E-state index in [4.69, 9.17) is 0 Å². The van der Waals surface area contributed by atoms with Gasteiger partial charge in [0.2, 0.25) is 0 Å². The third-order valence-corrected chi connectivity index (χ3v) is 2.69. The Morgan fingerprint density at radius 3 is 2.32 bits per heavy atom. The Hall–Kier alpha value is -1.81. The van der Waals surface area contributed by atoms with Crippen LogP contribution in [0.25, 0.3) is 11.4 Å². The van der Waals surface area contributed by atoms with E-state index in [1.54, 1.807) is 24.5 Å². The monoisotopic (exact) mass is 259 g/mol. The highest BCUT2D eigenvalue weighted by Gasteiger charge is 2.02. The molecule has 2 rings (SSSR count). The van der Waals surface area contributed by atoms with E-state index >= 15 is 0 Å². The maximum absolute atomic E-state index is 12.8. The zero-order valence-electron chi connectivity index (χ0n) is 11.2. The minimum atomic E-state index is -0.252. The summed E-state index contributed by atoms with van der Waals surface area (Å²) in [5.41, 5.74) is 1.87. The fourth-order valence-corrected chi connectivity index (χ4v) is 1.70. The molecule has 4 heteroatoms. The minimum absolute atomic E-state index is 0.252. The third-order valence-electron chi connectivity index (χ3n) is 2.69. The van der Waals surface area contributed by atoms with Gasteiger partial charge in [0.05, 0.1) is 0 Å². The standard InChI is InChI=1S/C15H18FN3/c1-11(2)7-17-8-12-9-18-15(19-10-12)13-3-5-14(16)6-4-13/h3-6,9-11,17H,7-8H2,1-2H3. The molecule has 0 aliphatic carbocycles. The van der Waals surface area contributed by atoms with E-state index < -0.39 is 0 Å². The molecule has 0 spiro atoms. The maximum atomic E-state index is 12.8. The Bertz CT molecular complexity index is 506. The fraction of sp³-hybridized carbons (Fsp3) is 0.333. The molecule has 3 nitrogen and oxygen atoms in total. The van der Waals surface area contributed by atoms with Crippen LogP contribution < -0.4 is 5.32 Å². The number of halogens is 1. The molecule has 0 radical (unpaired) electrons. The summed E-state index contributed by atoms with van der Waals surface area (Å²) in [5, 5.41) is 3.34. The van der Waals surface area contributed by atoms with Crippen LogP contribution in [0.3, 0.4) is 0 Å². The molecule has 100 valence electrons. The second-order valence-electron chi connectivity index (χ2n) is 4.95. The Morgan fingerprint density at radius 2 is 1.74 bits per heavy atom. The zero-order chi connectivity index (χ0) is 13.7. The van der Waals surface area contributed by atoms with Crippen molar-refractivity contribution in [2.24, 2.45) is 5.92 Å². The highest BCUT2D eigenvalue weighted by atomic mass is 19.1. The Kier molecular flexibility index (Phi) is 4.58. The zero-order valence-corrected chi connectivity index (χ0v) is 11.2. The predicted octanol–water partition coefficient (Wildman–Crippen LogP) is 3.03. The fourth-order valence-electron chi connectivity index (χ4n) is 1.70. The summed E-state index contributed by atoms with van der Waals surface area (Å²) in [6.07, 6.45) is 3.61. The van der Waals surface area contributed by atoms with Crippen molar-refractivity contribution >= 4 is 0 Å². The van der Waals surface area contributed by atoms with E-state index in [0.29, 0.717) is 11.7 Å². The second kappa shape index (κ2) is 6.38. The van der Waals surface area contributed by atoms with Crippen molar-refractivity contribution in [3.8, 4) is 11.4 Å². The third kappa shape index (κ3) is 4.10. The van der Waals surface area contributed by atoms with Gasteiger partial charge in [-0.15, -0.1) is 0 Å². The molecule has 0 saturated heterocycles. The molecular weight excluding hydrogens is 241 g/mol. The normalized spacial score (nSPS) is 10.9. The van der Waals surface area contributed by atoms with Gasteiger partial charge in [0.15, 0.2) is 5.82 Å². The Labute approximate surface area is 112 Å². The average molecular weight is 259 g/mol. The SMILES string of the molecule is CC(C)CNCc1cnc(-c2ccc(F)cc2)nc1. The van der Waals surface area contributed by atoms with E-state index in [9.17, 15) is 4.39 Å². The van der Waals surface area contributed by atoms with Gasteiger partial charge in [0.25, 0.3) is 0 Å². The molecule has 0 amide bonds. The van der Waals surface area contributed by atoms with Crippen LogP contribution in [0.5, 0.6) is 0 Å². The number of hydrogen-bond donors (Lipinski definition) is 1. The minimum Gasteiger partial charge on any atom is -0.312 e. The summed E-state index contributed by atoms with van der Waals surface area (Å²) in [5.74, 6) is 0.991. The van der Waals surface area contributed by atoms with Gasteiger partial charge in [-0.2, -0.15) is 0 Å². The largest absolute Gasteiger partial charge is 0.312 e. The molecule has 19 heavy (non-hydrogen) atoms. The van der Waals surface area contributed by atoms with Gasteiger partial charge in [-0.1, -0.05) is 13.8 Å². The average Bonchev–Trinajstić information content (AvgIpc) is 2.40. The molecule has 0 fully saturated rings. The molecule has 1 N–H and O–H groups in total. The lowest BCUT2D eigenvalue weighted by Gasteiger charge is -2.07. The summed E-state index contributed by atoms with van der Waals surface area (Å²) in [7, 11) is 0. The molecule has 0 saturated carbocycles. The highest BCUT2D eigenvalue weighted by molar-refractivity contribution is 5.54. The first kappa shape index (κ1) is 13.6. The van der Waals surface area contributed by atoms with Gasteiger partial charge in [0, 0.05) is 30.1 Å². The summed E-state index contributed by atoms with van der Waals surface area (Å²) in [6, 6.07) is 6.19. The molecule has 0 atom stereocenters. The summed E-state index contributed by atoms with van der Waals surface area (Å²) < 4.78 is 12.8. The number of nitrogens with zero attached hydrogens (tertiary/aromatic N) is 2. The first-order chi connectivity index (χ1) is 9.15. The van der Waals surface area contributed by atoms with Gasteiger partial charge < -0.3 is 5.32 Å². The van der Waals surface area contributed by atoms with Gasteiger partial charge in [-0.05, 0) is 36.7 Å². The van der Waals surface area contributed by atoms with Crippen LogP contribution in [0.15, 0.2) is 36.7 Å². The van der Waals surface area contributed by atoms with Crippen LogP contribution in [0.1, 0.15) is 19.4 Å². The quantitative estimate of drug-likeness (QED) is 0.897. The number of benzene rings is 1. The number of aromatic nitrogens is 2. The van der Waals surface area contributed by atoms with Crippen molar-refractivity contribution in [1.29, 1.82) is 0 Å². The molecule has 2 aromatic rings. The summed E-state index contributed by atoms with van der Waals surface area (Å²) in [4.78, 5) is 8.61. The summed E-state index contributed by atoms with van der Waals surface area (Å²) >= 11 is 0. The van der Waals surface area contributed by atoms with Crippen molar-refractivity contribution in [3.63, 3.8) is 0 Å². The maximum Gasteiger partial charge on any atom is 0.159 e. The highest BCUT2D eigenvalue weighted by Crippen LogP contribution is 2.14. The second-order valence-corrected chi connectivity index (χ2v) is 4.95. The molecule has 0 bridgehead atoms. The first-order valence-corrected chi connectivity index (χ1v) is 6.42. The smallest absolute Gasteiger partial charge is 0.159 e. The molecule has 0 unspecified atom stereocenters. The van der Waals surface area contributed by atoms with Crippen molar-refractivity contribution in [2.45, 2.75) is 20.4 Å². The van der Waals surface area contributed by atoms with Crippen LogP contribution in [-0.4, -0.2) is 16.5 Å². The van der Waals surface area contributed by atoms with E-state index in [-0.39, 0.29) is 5.82 Å².